The largest absolute Gasteiger partial charge is 0.311 e. The van der Waals surface area contributed by atoms with Crippen LogP contribution in [0.4, 0.5) is 11.4 Å². The summed E-state index contributed by atoms with van der Waals surface area (Å²) >= 11 is 1.22. The molecule has 4 aromatic rings. The van der Waals surface area contributed by atoms with Gasteiger partial charge >= 0.3 is 0 Å². The highest BCUT2D eigenvalue weighted by Crippen LogP contribution is 2.46. The molecule has 170 valence electrons. The van der Waals surface area contributed by atoms with Crippen LogP contribution >= 0.6 is 11.8 Å². The van der Waals surface area contributed by atoms with Crippen LogP contribution in [-0.2, 0) is 9.59 Å². The first-order valence-corrected chi connectivity index (χ1v) is 11.8. The van der Waals surface area contributed by atoms with Gasteiger partial charge in [-0.1, -0.05) is 66.4 Å². The van der Waals surface area contributed by atoms with Gasteiger partial charge < -0.3 is 4.40 Å². The second kappa shape index (κ2) is 9.09. The number of hydrogen-bond acceptors (Lipinski definition) is 5. The lowest BCUT2D eigenvalue weighted by Gasteiger charge is -2.25. The molecule has 1 aliphatic heterocycles. The van der Waals surface area contributed by atoms with Gasteiger partial charge in [0.25, 0.3) is 0 Å². The number of carbonyl (C=O) groups excluding carboxylic acids is 2. The van der Waals surface area contributed by atoms with Crippen molar-refractivity contribution in [1.29, 1.82) is 5.26 Å². The van der Waals surface area contributed by atoms with Gasteiger partial charge in [0.2, 0.25) is 5.91 Å². The van der Waals surface area contributed by atoms with Crippen molar-refractivity contribution in [2.45, 2.75) is 13.8 Å². The second-order valence-electron chi connectivity index (χ2n) is 7.95. The molecule has 0 radical (unpaired) electrons. The van der Waals surface area contributed by atoms with Crippen molar-refractivity contribution in [1.82, 2.24) is 4.40 Å². The molecule has 0 N–H and O–H groups in total. The number of para-hydroxylation sites is 1. The molecule has 0 atom stereocenters. The molecule has 2 aromatic heterocycles. The van der Waals surface area contributed by atoms with Crippen molar-refractivity contribution in [3.05, 3.63) is 107 Å². The van der Waals surface area contributed by atoms with Gasteiger partial charge in [0.1, 0.15) is 22.4 Å². The number of hydrogen-bond donors (Lipinski definition) is 0. The maximum absolute atomic E-state index is 13.3. The van der Waals surface area contributed by atoms with Crippen LogP contribution in [0.1, 0.15) is 30.7 Å². The molecule has 0 fully saturated rings. The van der Waals surface area contributed by atoms with Crippen molar-refractivity contribution in [3.63, 3.8) is 0 Å². The van der Waals surface area contributed by atoms with E-state index in [1.165, 1.54) is 30.5 Å². The molecule has 2 aromatic carbocycles. The zero-order valence-corrected chi connectivity index (χ0v) is 19.9. The zero-order valence-electron chi connectivity index (χ0n) is 19.1. The van der Waals surface area contributed by atoms with Gasteiger partial charge in [-0.05, 0) is 36.8 Å². The van der Waals surface area contributed by atoms with Gasteiger partial charge in [-0.25, -0.2) is 4.99 Å². The Kier molecular flexibility index (Phi) is 5.81. The lowest BCUT2D eigenvalue weighted by Crippen LogP contribution is -2.29. The number of aliphatic imine (C=N–C) groups is 1. The first-order chi connectivity index (χ1) is 17.0. The molecule has 35 heavy (non-hydrogen) atoms. The van der Waals surface area contributed by atoms with E-state index >= 15 is 0 Å². The van der Waals surface area contributed by atoms with Crippen molar-refractivity contribution in [2.24, 2.45) is 4.99 Å². The molecule has 1 aliphatic rings. The summed E-state index contributed by atoms with van der Waals surface area (Å²) in [7, 11) is 0. The van der Waals surface area contributed by atoms with Gasteiger partial charge in [-0.2, -0.15) is 5.26 Å². The van der Waals surface area contributed by atoms with Crippen LogP contribution in [0, 0.1) is 11.3 Å². The van der Waals surface area contributed by atoms with Crippen LogP contribution in [-0.4, -0.2) is 21.1 Å². The molecule has 0 unspecified atom stereocenters. The quantitative estimate of drug-likeness (QED) is 0.366. The number of nitriles is 1. The number of allylic oxidation sites excluding steroid dienone is 1. The van der Waals surface area contributed by atoms with Crippen LogP contribution in [0.2, 0.25) is 0 Å². The maximum Gasteiger partial charge on any atom is 0.228 e. The Morgan fingerprint density at radius 1 is 0.914 bits per heavy atom. The highest BCUT2D eigenvalue weighted by atomic mass is 32.2. The molecule has 0 aliphatic carbocycles. The number of rotatable bonds is 3. The SMILES string of the molecule is CC(=O)C1=C(c2ccccc2)N(C(C)=O)c2c(C#N)c3ccccn3c2C(=Nc2ccccc2)S1. The average molecular weight is 477 g/mol. The molecule has 0 spiro atoms. The van der Waals surface area contributed by atoms with E-state index in [2.05, 4.69) is 6.07 Å². The van der Waals surface area contributed by atoms with Gasteiger partial charge in [0.05, 0.1) is 27.5 Å². The molecule has 5 rings (SSSR count). The van der Waals surface area contributed by atoms with Crippen molar-refractivity contribution in [3.8, 4) is 6.07 Å². The number of anilines is 1. The molecule has 0 saturated heterocycles. The van der Waals surface area contributed by atoms with E-state index in [1.54, 1.807) is 0 Å². The van der Waals surface area contributed by atoms with Crippen LogP contribution in [0.5, 0.6) is 0 Å². The highest BCUT2D eigenvalue weighted by Gasteiger charge is 2.37. The fraction of sp³-hybridized carbons (Fsp3) is 0.0714. The Balaban J connectivity index is 1.96. The minimum absolute atomic E-state index is 0.196. The summed E-state index contributed by atoms with van der Waals surface area (Å²) in [4.78, 5) is 33.1. The summed E-state index contributed by atoms with van der Waals surface area (Å²) in [6.07, 6.45) is 1.84. The average Bonchev–Trinajstić information content (AvgIpc) is 3.11. The molecular formula is C28H20N4O2S. The molecule has 3 heterocycles. The smallest absolute Gasteiger partial charge is 0.228 e. The number of ketones is 1. The number of pyridine rings is 1. The lowest BCUT2D eigenvalue weighted by molar-refractivity contribution is -0.115. The van der Waals surface area contributed by atoms with E-state index < -0.39 is 0 Å². The fourth-order valence-electron chi connectivity index (χ4n) is 4.24. The maximum atomic E-state index is 13.3. The van der Waals surface area contributed by atoms with Crippen LogP contribution in [0.25, 0.3) is 11.2 Å². The lowest BCUT2D eigenvalue weighted by atomic mass is 10.1. The van der Waals surface area contributed by atoms with E-state index in [4.69, 9.17) is 4.99 Å². The third kappa shape index (κ3) is 3.84. The van der Waals surface area contributed by atoms with Gasteiger partial charge in [-0.15, -0.1) is 0 Å². The third-order valence-electron chi connectivity index (χ3n) is 5.66. The first-order valence-electron chi connectivity index (χ1n) is 11.0. The summed E-state index contributed by atoms with van der Waals surface area (Å²) in [5, 5.41) is 10.8. The predicted octanol–water partition coefficient (Wildman–Crippen LogP) is 5.95. The van der Waals surface area contributed by atoms with E-state index in [0.717, 1.165) is 0 Å². The molecule has 7 heteroatoms. The predicted molar refractivity (Wildman–Crippen MR) is 140 cm³/mol. The van der Waals surface area contributed by atoms with E-state index in [-0.39, 0.29) is 11.7 Å². The minimum atomic E-state index is -0.308. The number of nitrogens with zero attached hydrogens (tertiary/aromatic N) is 4. The molecule has 0 bridgehead atoms. The number of carbonyl (C=O) groups is 2. The number of benzene rings is 2. The third-order valence-corrected chi connectivity index (χ3v) is 6.83. The number of fused-ring (bicyclic) bond motifs is 3. The summed E-state index contributed by atoms with van der Waals surface area (Å²) in [6.45, 7) is 2.92. The van der Waals surface area contributed by atoms with Gasteiger partial charge in [-0.3, -0.25) is 14.5 Å². The van der Waals surface area contributed by atoms with E-state index in [0.29, 0.717) is 49.4 Å². The van der Waals surface area contributed by atoms with Gasteiger partial charge in [0, 0.05) is 13.1 Å². The monoisotopic (exact) mass is 476 g/mol. The fourth-order valence-corrected chi connectivity index (χ4v) is 5.33. The first kappa shape index (κ1) is 22.4. The summed E-state index contributed by atoms with van der Waals surface area (Å²) in [5.41, 5.74) is 3.86. The van der Waals surface area contributed by atoms with E-state index in [9.17, 15) is 14.9 Å². The van der Waals surface area contributed by atoms with Crippen molar-refractivity contribution >= 4 is 51.1 Å². The Morgan fingerprint density at radius 3 is 2.20 bits per heavy atom. The van der Waals surface area contributed by atoms with E-state index in [1.807, 2.05) is 89.5 Å². The molecule has 1 amide bonds. The summed E-state index contributed by atoms with van der Waals surface area (Å²) < 4.78 is 1.87. The minimum Gasteiger partial charge on any atom is -0.311 e. The summed E-state index contributed by atoms with van der Waals surface area (Å²) in [5.74, 6) is -0.503. The standard InChI is InChI=1S/C28H20N4O2S/c1-18(33)27-24(20-11-5-3-6-12-20)32(19(2)34)25-22(17-29)23-15-9-10-16-31(23)26(25)28(35-27)30-21-13-7-4-8-14-21/h3-16H,1-2H3. The Bertz CT molecular complexity index is 1580. The number of thioether (sulfide) groups is 1. The normalized spacial score (nSPS) is 14.5. The van der Waals surface area contributed by atoms with Crippen LogP contribution in [0.15, 0.2) is 95.0 Å². The van der Waals surface area contributed by atoms with Crippen LogP contribution in [0.3, 0.4) is 0 Å². The van der Waals surface area contributed by atoms with Gasteiger partial charge in [0.15, 0.2) is 5.78 Å². The van der Waals surface area contributed by atoms with Crippen molar-refractivity contribution < 1.29 is 9.59 Å². The molecular weight excluding hydrogens is 456 g/mol. The van der Waals surface area contributed by atoms with Crippen molar-refractivity contribution in [2.75, 3.05) is 4.90 Å². The molecule has 6 nitrogen and oxygen atoms in total. The van der Waals surface area contributed by atoms with Crippen LogP contribution < -0.4 is 4.90 Å². The summed E-state index contributed by atoms with van der Waals surface area (Å²) in [6, 6.07) is 26.6. The Labute approximate surface area is 206 Å². The Morgan fingerprint density at radius 2 is 1.57 bits per heavy atom. The zero-order chi connectivity index (χ0) is 24.5. The highest BCUT2D eigenvalue weighted by molar-refractivity contribution is 8.18. The second-order valence-corrected chi connectivity index (χ2v) is 8.95. The number of amides is 1. The number of aromatic nitrogens is 1. The Hall–Kier alpha value is -4.41. The molecule has 0 saturated carbocycles. The topological polar surface area (TPSA) is 77.9 Å². The number of Topliss-reactive ketones (excluding diaryl/α,β-unsaturated/α-hetero) is 1.